The van der Waals surface area contributed by atoms with Gasteiger partial charge in [0.05, 0.1) is 0 Å². The van der Waals surface area contributed by atoms with Crippen LogP contribution < -0.4 is 0 Å². The molecule has 0 heterocycles. The molecule has 0 amide bonds. The molecule has 0 unspecified atom stereocenters. The van der Waals surface area contributed by atoms with Crippen LogP contribution in [0.3, 0.4) is 0 Å². The van der Waals surface area contributed by atoms with Gasteiger partial charge in [0.15, 0.2) is 11.5 Å². The molecule has 0 bridgehead atoms. The molecule has 0 aliphatic heterocycles. The summed E-state index contributed by atoms with van der Waals surface area (Å²) >= 11 is 0. The number of allylic oxidation sites excluding steroid dienone is 1. The van der Waals surface area contributed by atoms with Crippen LogP contribution in [-0.4, -0.2) is 10.9 Å². The van der Waals surface area contributed by atoms with E-state index < -0.39 is 5.75 Å². The van der Waals surface area contributed by atoms with E-state index >= 15 is 0 Å². The molecular weight excluding hydrogens is 228 g/mol. The van der Waals surface area contributed by atoms with Gasteiger partial charge in [0, 0.05) is 5.56 Å². The average Bonchev–Trinajstić information content (AvgIpc) is 2.41. The lowest BCUT2D eigenvalue weighted by Crippen LogP contribution is -1.92. The summed E-state index contributed by atoms with van der Waals surface area (Å²) in [6.45, 7) is 0. The Morgan fingerprint density at radius 3 is 2.44 bits per heavy atom. The molecule has 1 radical (unpaired) electrons. The summed E-state index contributed by atoms with van der Waals surface area (Å²) in [6, 6.07) is 13.0. The Morgan fingerprint density at radius 1 is 1.06 bits per heavy atom. The molecule has 0 fully saturated rings. The summed E-state index contributed by atoms with van der Waals surface area (Å²) in [7, 11) is 0. The molecule has 0 spiro atoms. The zero-order valence-electron chi connectivity index (χ0n) is 9.54. The first-order valence-electron chi connectivity index (χ1n) is 5.44. The standard InChI is InChI=1S/C15H11O3/c16-13(12-4-2-1-3-5-12)8-6-11-7-9-14(17)15(18)10-11/h1-10,18H/b8-6+. The number of benzene rings is 2. The summed E-state index contributed by atoms with van der Waals surface area (Å²) in [5.74, 6) is -0.868. The number of carbonyl (C=O) groups excluding carboxylic acids is 1. The third kappa shape index (κ3) is 2.77. The highest BCUT2D eigenvalue weighted by Crippen LogP contribution is 2.26. The second-order valence-corrected chi connectivity index (χ2v) is 3.79. The number of aromatic hydroxyl groups is 1. The average molecular weight is 239 g/mol. The highest BCUT2D eigenvalue weighted by atomic mass is 16.3. The minimum atomic E-state index is -0.429. The van der Waals surface area contributed by atoms with Crippen molar-refractivity contribution >= 4 is 11.9 Å². The minimum Gasteiger partial charge on any atom is -0.504 e. The van der Waals surface area contributed by atoms with Gasteiger partial charge in [0.2, 0.25) is 5.75 Å². The maximum Gasteiger partial charge on any atom is 0.220 e. The van der Waals surface area contributed by atoms with Gasteiger partial charge in [0.25, 0.3) is 0 Å². The van der Waals surface area contributed by atoms with E-state index in [1.807, 2.05) is 6.07 Å². The van der Waals surface area contributed by atoms with Gasteiger partial charge < -0.3 is 5.11 Å². The van der Waals surface area contributed by atoms with Crippen LogP contribution in [0.4, 0.5) is 0 Å². The molecule has 2 aromatic rings. The number of carbonyl (C=O) groups is 1. The Bertz CT molecular complexity index is 586. The molecule has 89 valence electrons. The first-order valence-corrected chi connectivity index (χ1v) is 5.44. The fourth-order valence-corrected chi connectivity index (χ4v) is 1.51. The summed E-state index contributed by atoms with van der Waals surface area (Å²) in [4.78, 5) is 11.8. The Balaban J connectivity index is 2.16. The molecule has 0 saturated heterocycles. The second kappa shape index (κ2) is 5.19. The van der Waals surface area contributed by atoms with Crippen molar-refractivity contribution in [1.82, 2.24) is 0 Å². The number of hydrogen-bond donors (Lipinski definition) is 1. The van der Waals surface area contributed by atoms with Gasteiger partial charge in [-0.15, -0.1) is 0 Å². The molecule has 3 heteroatoms. The molecule has 18 heavy (non-hydrogen) atoms. The fourth-order valence-electron chi connectivity index (χ4n) is 1.51. The second-order valence-electron chi connectivity index (χ2n) is 3.79. The summed E-state index contributed by atoms with van der Waals surface area (Å²) < 4.78 is 0. The SMILES string of the molecule is [O]c1ccc(/C=C/C(=O)c2ccccc2)cc1O. The van der Waals surface area contributed by atoms with Gasteiger partial charge in [0.1, 0.15) is 0 Å². The van der Waals surface area contributed by atoms with Crippen LogP contribution in [0.25, 0.3) is 6.08 Å². The van der Waals surface area contributed by atoms with E-state index in [0.717, 1.165) is 0 Å². The van der Waals surface area contributed by atoms with E-state index in [1.165, 1.54) is 18.2 Å². The lowest BCUT2D eigenvalue weighted by atomic mass is 10.1. The Labute approximate surface area is 105 Å². The number of phenolic OH excluding ortho intramolecular Hbond substituents is 1. The Morgan fingerprint density at radius 2 is 1.78 bits per heavy atom. The van der Waals surface area contributed by atoms with Gasteiger partial charge >= 0.3 is 0 Å². The fraction of sp³-hybridized carbons (Fsp3) is 0. The monoisotopic (exact) mass is 239 g/mol. The van der Waals surface area contributed by atoms with Crippen LogP contribution in [0, 0.1) is 0 Å². The van der Waals surface area contributed by atoms with Gasteiger partial charge in [-0.1, -0.05) is 42.5 Å². The minimum absolute atomic E-state index is 0.124. The Kier molecular flexibility index (Phi) is 3.44. The van der Waals surface area contributed by atoms with Crippen LogP contribution in [-0.2, 0) is 5.11 Å². The number of hydrogen-bond acceptors (Lipinski definition) is 2. The maximum atomic E-state index is 11.8. The van der Waals surface area contributed by atoms with E-state index in [2.05, 4.69) is 0 Å². The smallest absolute Gasteiger partial charge is 0.220 e. The van der Waals surface area contributed by atoms with Crippen LogP contribution in [0.15, 0.2) is 54.6 Å². The van der Waals surface area contributed by atoms with Gasteiger partial charge in [-0.3, -0.25) is 9.90 Å². The first kappa shape index (κ1) is 11.9. The molecule has 0 saturated carbocycles. The van der Waals surface area contributed by atoms with E-state index in [-0.39, 0.29) is 11.5 Å². The summed E-state index contributed by atoms with van der Waals surface area (Å²) in [5, 5.41) is 20.2. The maximum absolute atomic E-state index is 11.8. The normalized spacial score (nSPS) is 10.7. The van der Waals surface area contributed by atoms with Crippen molar-refractivity contribution in [3.63, 3.8) is 0 Å². The molecule has 1 N–H and O–H groups in total. The lowest BCUT2D eigenvalue weighted by molar-refractivity contribution is 0.104. The molecule has 2 aromatic carbocycles. The highest BCUT2D eigenvalue weighted by molar-refractivity contribution is 6.06. The van der Waals surface area contributed by atoms with Crippen molar-refractivity contribution in [1.29, 1.82) is 0 Å². The van der Waals surface area contributed by atoms with E-state index in [0.29, 0.717) is 11.1 Å². The molecule has 0 atom stereocenters. The number of rotatable bonds is 3. The molecule has 3 nitrogen and oxygen atoms in total. The van der Waals surface area contributed by atoms with Crippen molar-refractivity contribution in [2.45, 2.75) is 0 Å². The van der Waals surface area contributed by atoms with Crippen molar-refractivity contribution in [3.05, 3.63) is 65.7 Å². The van der Waals surface area contributed by atoms with Crippen LogP contribution >= 0.6 is 0 Å². The van der Waals surface area contributed by atoms with Crippen LogP contribution in [0.5, 0.6) is 11.5 Å². The largest absolute Gasteiger partial charge is 0.504 e. The predicted molar refractivity (Wildman–Crippen MR) is 68.0 cm³/mol. The van der Waals surface area contributed by atoms with E-state index in [9.17, 15) is 15.0 Å². The van der Waals surface area contributed by atoms with Gasteiger partial charge in [-0.05, 0) is 23.8 Å². The first-order chi connectivity index (χ1) is 8.66. The van der Waals surface area contributed by atoms with Crippen molar-refractivity contribution in [2.75, 3.05) is 0 Å². The van der Waals surface area contributed by atoms with Crippen LogP contribution in [0.1, 0.15) is 15.9 Å². The van der Waals surface area contributed by atoms with Crippen LogP contribution in [0.2, 0.25) is 0 Å². The predicted octanol–water partition coefficient (Wildman–Crippen LogP) is 3.43. The van der Waals surface area contributed by atoms with Crippen molar-refractivity contribution in [3.8, 4) is 11.5 Å². The zero-order valence-corrected chi connectivity index (χ0v) is 9.54. The van der Waals surface area contributed by atoms with Crippen molar-refractivity contribution in [2.24, 2.45) is 0 Å². The third-order valence-corrected chi connectivity index (χ3v) is 2.47. The van der Waals surface area contributed by atoms with Gasteiger partial charge in [-0.25, -0.2) is 0 Å². The Hall–Kier alpha value is -2.55. The number of phenols is 1. The summed E-state index contributed by atoms with van der Waals surface area (Å²) in [6.07, 6.45) is 2.98. The molecule has 0 aliphatic rings. The molecular formula is C15H11O3. The summed E-state index contributed by atoms with van der Waals surface area (Å²) in [5.41, 5.74) is 1.20. The third-order valence-electron chi connectivity index (χ3n) is 2.47. The molecule has 0 aliphatic carbocycles. The number of ketones is 1. The highest BCUT2D eigenvalue weighted by Gasteiger charge is 2.02. The van der Waals surface area contributed by atoms with Gasteiger partial charge in [-0.2, -0.15) is 0 Å². The van der Waals surface area contributed by atoms with E-state index in [1.54, 1.807) is 36.4 Å². The molecule has 0 aromatic heterocycles. The molecule has 2 rings (SSSR count). The lowest BCUT2D eigenvalue weighted by Gasteiger charge is -1.97. The quantitative estimate of drug-likeness (QED) is 0.659. The topological polar surface area (TPSA) is 57.2 Å². The van der Waals surface area contributed by atoms with Crippen molar-refractivity contribution < 1.29 is 15.0 Å². The zero-order chi connectivity index (χ0) is 13.0. The van der Waals surface area contributed by atoms with E-state index in [4.69, 9.17) is 0 Å².